The highest BCUT2D eigenvalue weighted by atomic mass is 35.5. The van der Waals surface area contributed by atoms with Crippen molar-refractivity contribution in [3.63, 3.8) is 0 Å². The molecule has 0 saturated heterocycles. The van der Waals surface area contributed by atoms with E-state index in [9.17, 15) is 0 Å². The van der Waals surface area contributed by atoms with Gasteiger partial charge in [-0.05, 0) is 45.8 Å². The molecule has 5 rings (SSSR count). The monoisotopic (exact) mass is 578 g/mol. The largest absolute Gasteiger partial charge is 0.467 e. The number of nitrogens with one attached hydrogen (secondary N) is 2. The predicted octanol–water partition coefficient (Wildman–Crippen LogP) is 4.90. The van der Waals surface area contributed by atoms with Crippen molar-refractivity contribution in [2.24, 2.45) is 31.7 Å². The van der Waals surface area contributed by atoms with Crippen LogP contribution in [0, 0.1) is 0 Å². The summed E-state index contributed by atoms with van der Waals surface area (Å²) in [5, 5.41) is 12.7. The van der Waals surface area contributed by atoms with Crippen molar-refractivity contribution in [1.29, 1.82) is 0 Å². The van der Waals surface area contributed by atoms with Gasteiger partial charge in [-0.1, -0.05) is 48.5 Å². The van der Waals surface area contributed by atoms with Gasteiger partial charge in [-0.15, -0.1) is 24.8 Å². The van der Waals surface area contributed by atoms with Gasteiger partial charge in [0.1, 0.15) is 24.6 Å². The fraction of sp³-hybridized carbons (Fsp3) is 0.0714. The molecule has 0 radical (unpaired) electrons. The Morgan fingerprint density at radius 1 is 0.600 bits per heavy atom. The standard InChI is InChI=1S/C28H26N8O2.2ClH/c29-27(31-15-19-7-5-13-37-19)35-33-17-25-21-9-1-2-10-22(21)26(24-12-4-3-11-23(24)25)18-34-36-28(30)32-16-20-8-6-14-38-20;;/h1-14,17-18H,15-16H2,(H3,29,31,35)(H3,30,32,36);2*1H/b33-17+,34-18+;;. The SMILES string of the molecule is Cl.Cl.NC(=NCc1ccco1)N/N=C/c1c2ccccc2c(/C=N/NC(N)=NCc2ccco2)c2ccccc12. The molecule has 206 valence electrons. The second kappa shape index (κ2) is 14.4. The molecule has 2 heterocycles. The molecular formula is C28H28Cl2N8O2. The lowest BCUT2D eigenvalue weighted by Gasteiger charge is -2.12. The third kappa shape index (κ3) is 7.19. The Kier molecular flexibility index (Phi) is 10.7. The van der Waals surface area contributed by atoms with Crippen LogP contribution in [0.5, 0.6) is 0 Å². The lowest BCUT2D eigenvalue weighted by atomic mass is 9.92. The van der Waals surface area contributed by atoms with E-state index < -0.39 is 0 Å². The molecule has 6 N–H and O–H groups in total. The van der Waals surface area contributed by atoms with Crippen LogP contribution in [0.3, 0.4) is 0 Å². The van der Waals surface area contributed by atoms with Crippen molar-refractivity contribution in [3.8, 4) is 0 Å². The van der Waals surface area contributed by atoms with Crippen LogP contribution < -0.4 is 22.3 Å². The van der Waals surface area contributed by atoms with Gasteiger partial charge in [0.25, 0.3) is 0 Å². The van der Waals surface area contributed by atoms with Gasteiger partial charge >= 0.3 is 0 Å². The molecule has 0 bridgehead atoms. The molecule has 0 amide bonds. The Morgan fingerprint density at radius 3 is 1.30 bits per heavy atom. The summed E-state index contributed by atoms with van der Waals surface area (Å²) >= 11 is 0. The van der Waals surface area contributed by atoms with Gasteiger partial charge in [0.05, 0.1) is 25.0 Å². The van der Waals surface area contributed by atoms with Crippen molar-refractivity contribution >= 4 is 70.7 Å². The number of hydrazone groups is 2. The lowest BCUT2D eigenvalue weighted by molar-refractivity contribution is 0.512. The summed E-state index contributed by atoms with van der Waals surface area (Å²) in [4.78, 5) is 8.48. The minimum atomic E-state index is 0. The maximum absolute atomic E-state index is 5.97. The molecule has 0 aliphatic rings. The van der Waals surface area contributed by atoms with E-state index >= 15 is 0 Å². The first-order valence-corrected chi connectivity index (χ1v) is 11.9. The molecule has 0 fully saturated rings. The molecule has 0 saturated carbocycles. The highest BCUT2D eigenvalue weighted by Crippen LogP contribution is 2.31. The first-order valence-electron chi connectivity index (χ1n) is 11.9. The third-order valence-corrected chi connectivity index (χ3v) is 5.73. The maximum Gasteiger partial charge on any atom is 0.209 e. The number of nitrogens with two attached hydrogens (primary N) is 2. The first-order chi connectivity index (χ1) is 18.7. The van der Waals surface area contributed by atoms with Crippen LogP contribution in [0.25, 0.3) is 21.5 Å². The van der Waals surface area contributed by atoms with E-state index in [0.29, 0.717) is 24.6 Å². The summed E-state index contributed by atoms with van der Waals surface area (Å²) in [6.07, 6.45) is 6.69. The van der Waals surface area contributed by atoms with Crippen molar-refractivity contribution in [1.82, 2.24) is 10.9 Å². The summed E-state index contributed by atoms with van der Waals surface area (Å²) < 4.78 is 10.5. The topological polar surface area (TPSA) is 152 Å². The van der Waals surface area contributed by atoms with E-state index in [0.717, 1.165) is 32.7 Å². The van der Waals surface area contributed by atoms with Crippen LogP contribution in [0.2, 0.25) is 0 Å². The Balaban J connectivity index is 0.00000220. The van der Waals surface area contributed by atoms with Crippen LogP contribution in [-0.2, 0) is 13.1 Å². The summed E-state index contributed by atoms with van der Waals surface area (Å²) in [6.45, 7) is 0.653. The van der Waals surface area contributed by atoms with Gasteiger partial charge in [0.15, 0.2) is 0 Å². The zero-order valence-corrected chi connectivity index (χ0v) is 22.9. The molecule has 0 unspecified atom stereocenters. The molecule has 3 aromatic carbocycles. The zero-order valence-electron chi connectivity index (χ0n) is 21.2. The van der Waals surface area contributed by atoms with Crippen LogP contribution in [0.1, 0.15) is 22.6 Å². The highest BCUT2D eigenvalue weighted by Gasteiger charge is 2.11. The normalized spacial score (nSPS) is 12.1. The summed E-state index contributed by atoms with van der Waals surface area (Å²) in [5.74, 6) is 1.81. The van der Waals surface area contributed by atoms with Gasteiger partial charge < -0.3 is 20.3 Å². The minimum absolute atomic E-state index is 0. The number of guanidine groups is 2. The molecule has 10 nitrogen and oxygen atoms in total. The molecular weight excluding hydrogens is 551 g/mol. The van der Waals surface area contributed by atoms with Crippen LogP contribution >= 0.6 is 24.8 Å². The summed E-state index contributed by atoms with van der Waals surface area (Å²) in [7, 11) is 0. The number of hydrogen-bond acceptors (Lipinski definition) is 6. The smallest absolute Gasteiger partial charge is 0.209 e. The van der Waals surface area contributed by atoms with E-state index in [1.807, 2.05) is 60.7 Å². The Bertz CT molecular complexity index is 1470. The average Bonchev–Trinajstić information content (AvgIpc) is 3.66. The van der Waals surface area contributed by atoms with Crippen LogP contribution in [0.15, 0.2) is 114 Å². The van der Waals surface area contributed by atoms with Gasteiger partial charge in [-0.25, -0.2) is 20.8 Å². The molecule has 0 aliphatic heterocycles. The van der Waals surface area contributed by atoms with Crippen molar-refractivity contribution < 1.29 is 8.83 Å². The second-order valence-electron chi connectivity index (χ2n) is 8.22. The molecule has 12 heteroatoms. The fourth-order valence-corrected chi connectivity index (χ4v) is 4.00. The van der Waals surface area contributed by atoms with Crippen molar-refractivity contribution in [3.05, 3.63) is 108 Å². The number of halogens is 2. The minimum Gasteiger partial charge on any atom is -0.467 e. The Hall–Kier alpha value is -4.80. The van der Waals surface area contributed by atoms with Crippen molar-refractivity contribution in [2.75, 3.05) is 0 Å². The molecule has 2 aromatic heterocycles. The van der Waals surface area contributed by atoms with Gasteiger partial charge in [-0.3, -0.25) is 0 Å². The number of rotatable bonds is 8. The lowest BCUT2D eigenvalue weighted by Crippen LogP contribution is -2.27. The van der Waals surface area contributed by atoms with Gasteiger partial charge in [0, 0.05) is 11.1 Å². The van der Waals surface area contributed by atoms with Crippen LogP contribution in [-0.4, -0.2) is 24.3 Å². The molecule has 5 aromatic rings. The number of nitrogens with zero attached hydrogens (tertiary/aromatic N) is 4. The predicted molar refractivity (Wildman–Crippen MR) is 165 cm³/mol. The number of aliphatic imine (C=N–C) groups is 2. The first kappa shape index (κ1) is 29.8. The zero-order chi connectivity index (χ0) is 26.2. The van der Waals surface area contributed by atoms with Crippen molar-refractivity contribution in [2.45, 2.75) is 13.1 Å². The van der Waals surface area contributed by atoms with E-state index in [2.05, 4.69) is 31.0 Å². The summed E-state index contributed by atoms with van der Waals surface area (Å²) in [6, 6.07) is 23.4. The maximum atomic E-state index is 5.97. The Labute approximate surface area is 242 Å². The Morgan fingerprint density at radius 2 is 0.975 bits per heavy atom. The number of benzene rings is 3. The van der Waals surface area contributed by atoms with Gasteiger partial charge in [0.2, 0.25) is 11.9 Å². The molecule has 40 heavy (non-hydrogen) atoms. The fourth-order valence-electron chi connectivity index (χ4n) is 4.00. The van der Waals surface area contributed by atoms with Gasteiger partial charge in [-0.2, -0.15) is 10.2 Å². The average molecular weight is 579 g/mol. The number of furan rings is 2. The van der Waals surface area contributed by atoms with E-state index in [4.69, 9.17) is 20.3 Å². The highest BCUT2D eigenvalue weighted by molar-refractivity contribution is 6.21. The van der Waals surface area contributed by atoms with E-state index in [-0.39, 0.29) is 36.7 Å². The van der Waals surface area contributed by atoms with E-state index in [1.54, 1.807) is 37.1 Å². The molecule has 0 atom stereocenters. The number of fused-ring (bicyclic) bond motifs is 2. The second-order valence-corrected chi connectivity index (χ2v) is 8.22. The third-order valence-electron chi connectivity index (χ3n) is 5.73. The molecule has 0 spiro atoms. The quantitative estimate of drug-likeness (QED) is 0.0889. The summed E-state index contributed by atoms with van der Waals surface area (Å²) in [5.41, 5.74) is 19.4. The number of hydrogen-bond donors (Lipinski definition) is 4. The van der Waals surface area contributed by atoms with E-state index in [1.165, 1.54) is 0 Å². The van der Waals surface area contributed by atoms with Crippen LogP contribution in [0.4, 0.5) is 0 Å². The molecule has 0 aliphatic carbocycles.